The molecular weight excluding hydrogens is 480 g/mol. The Kier molecular flexibility index (Phi) is 9.28. The van der Waals surface area contributed by atoms with Crippen LogP contribution in [0.15, 0.2) is 66.7 Å². The number of hydrogen-bond acceptors (Lipinski definition) is 3. The summed E-state index contributed by atoms with van der Waals surface area (Å²) in [4.78, 5) is 15.6. The zero-order valence-electron chi connectivity index (χ0n) is 22.4. The maximum atomic E-state index is 13.0. The number of hydrogen-bond donors (Lipinski definition) is 1. The number of ether oxygens (including phenoxy) is 1. The first-order chi connectivity index (χ1) is 17.7. The molecule has 1 heterocycles. The zero-order chi connectivity index (χ0) is 26.3. The molecule has 1 N–H and O–H groups in total. The largest absolute Gasteiger partial charge is 0.493 e. The summed E-state index contributed by atoms with van der Waals surface area (Å²) in [6.07, 6.45) is 5.23. The molecule has 1 aliphatic rings. The zero-order valence-corrected chi connectivity index (χ0v) is 23.1. The highest BCUT2D eigenvalue weighted by Gasteiger charge is 2.16. The smallest absolute Gasteiger partial charge is 0.255 e. The number of nitrogens with zero attached hydrogens (tertiary/aromatic N) is 1. The summed E-state index contributed by atoms with van der Waals surface area (Å²) in [5.74, 6) is 0.696. The fourth-order valence-corrected chi connectivity index (χ4v) is 4.84. The maximum Gasteiger partial charge on any atom is 0.255 e. The van der Waals surface area contributed by atoms with Crippen molar-refractivity contribution in [1.29, 1.82) is 0 Å². The molecule has 196 valence electrons. The molecule has 0 fully saturated rings. The normalized spacial score (nSPS) is 15.2. The molecule has 0 radical (unpaired) electrons. The van der Waals surface area contributed by atoms with E-state index in [2.05, 4.69) is 55.3 Å². The summed E-state index contributed by atoms with van der Waals surface area (Å²) < 4.78 is 6.23. The first-order valence-electron chi connectivity index (χ1n) is 13.4. The van der Waals surface area contributed by atoms with Crippen LogP contribution in [-0.2, 0) is 13.0 Å². The summed E-state index contributed by atoms with van der Waals surface area (Å²) >= 11 is 6.09. The van der Waals surface area contributed by atoms with Crippen molar-refractivity contribution in [3.63, 3.8) is 0 Å². The van der Waals surface area contributed by atoms with Gasteiger partial charge in [-0.25, -0.2) is 0 Å². The third-order valence-electron chi connectivity index (χ3n) is 6.75. The number of halogens is 1. The van der Waals surface area contributed by atoms with Crippen molar-refractivity contribution in [2.45, 2.75) is 59.4 Å². The minimum absolute atomic E-state index is 0.160. The standard InChI is InChI=1S/C32H39ClN2O2/c1-32(2,3)15-17-35-16-5-4-6-18-37-30-14-13-26(31(36)34-29-12-8-11-28(33)22-29)21-27(30)20-24-9-7-10-25(19-24)23-35/h7-14,19,21-22H,4-6,15-18,20,23H2,1-3H3,(H,34,36). The van der Waals surface area contributed by atoms with E-state index in [1.807, 2.05) is 30.3 Å². The quantitative estimate of drug-likeness (QED) is 0.380. The van der Waals surface area contributed by atoms with Gasteiger partial charge in [0.15, 0.2) is 0 Å². The predicted octanol–water partition coefficient (Wildman–Crippen LogP) is 7.98. The van der Waals surface area contributed by atoms with Crippen LogP contribution in [0, 0.1) is 5.41 Å². The molecule has 0 atom stereocenters. The van der Waals surface area contributed by atoms with Gasteiger partial charge in [0.1, 0.15) is 5.75 Å². The Labute approximate surface area is 227 Å². The van der Waals surface area contributed by atoms with E-state index in [1.165, 1.54) is 24.0 Å². The van der Waals surface area contributed by atoms with Crippen LogP contribution in [0.5, 0.6) is 5.75 Å². The second kappa shape index (κ2) is 12.6. The van der Waals surface area contributed by atoms with Gasteiger partial charge in [-0.05, 0) is 97.3 Å². The highest BCUT2D eigenvalue weighted by molar-refractivity contribution is 6.31. The van der Waals surface area contributed by atoms with Crippen LogP contribution in [0.3, 0.4) is 0 Å². The average molecular weight is 519 g/mol. The third-order valence-corrected chi connectivity index (χ3v) is 6.99. The average Bonchev–Trinajstić information content (AvgIpc) is 2.84. The van der Waals surface area contributed by atoms with Crippen molar-refractivity contribution < 1.29 is 9.53 Å². The molecular formula is C32H39ClN2O2. The van der Waals surface area contributed by atoms with Gasteiger partial charge < -0.3 is 10.1 Å². The minimum atomic E-state index is -0.160. The van der Waals surface area contributed by atoms with E-state index in [0.29, 0.717) is 34.7 Å². The Bertz CT molecular complexity index is 1200. The number of nitrogens with one attached hydrogen (secondary N) is 1. The Hall–Kier alpha value is -2.82. The number of carbonyl (C=O) groups is 1. The number of amides is 1. The van der Waals surface area contributed by atoms with Gasteiger partial charge in [-0.2, -0.15) is 0 Å². The minimum Gasteiger partial charge on any atom is -0.493 e. The van der Waals surface area contributed by atoms with E-state index in [9.17, 15) is 4.79 Å². The Balaban J connectivity index is 1.56. The number of carbonyl (C=O) groups excluding carboxylic acids is 1. The van der Waals surface area contributed by atoms with Crippen molar-refractivity contribution in [2.75, 3.05) is 25.0 Å². The van der Waals surface area contributed by atoms with E-state index in [-0.39, 0.29) is 5.91 Å². The van der Waals surface area contributed by atoms with Crippen LogP contribution in [0.4, 0.5) is 5.69 Å². The topological polar surface area (TPSA) is 41.6 Å². The van der Waals surface area contributed by atoms with E-state index in [4.69, 9.17) is 16.3 Å². The molecule has 0 aromatic heterocycles. The van der Waals surface area contributed by atoms with Gasteiger partial charge in [0, 0.05) is 29.2 Å². The number of rotatable bonds is 4. The molecule has 4 rings (SSSR count). The highest BCUT2D eigenvalue weighted by Crippen LogP contribution is 2.26. The van der Waals surface area contributed by atoms with Crippen molar-refractivity contribution in [2.24, 2.45) is 5.41 Å². The third kappa shape index (κ3) is 8.62. The molecule has 2 bridgehead atoms. The summed E-state index contributed by atoms with van der Waals surface area (Å²) in [7, 11) is 0. The molecule has 5 heteroatoms. The molecule has 4 nitrogen and oxygen atoms in total. The van der Waals surface area contributed by atoms with E-state index in [0.717, 1.165) is 43.8 Å². The summed E-state index contributed by atoms with van der Waals surface area (Å²) in [5, 5.41) is 3.54. The van der Waals surface area contributed by atoms with Crippen LogP contribution in [0.1, 0.15) is 73.5 Å². The molecule has 0 spiro atoms. The fraction of sp³-hybridized carbons (Fsp3) is 0.406. The summed E-state index contributed by atoms with van der Waals surface area (Å²) in [5.41, 5.74) is 5.20. The first-order valence-corrected chi connectivity index (χ1v) is 13.8. The van der Waals surface area contributed by atoms with Gasteiger partial charge in [-0.15, -0.1) is 0 Å². The van der Waals surface area contributed by atoms with Crippen molar-refractivity contribution in [3.05, 3.63) is 94.0 Å². The lowest BCUT2D eigenvalue weighted by Crippen LogP contribution is -2.28. The van der Waals surface area contributed by atoms with Gasteiger partial charge in [0.05, 0.1) is 6.61 Å². The Morgan fingerprint density at radius 1 is 0.973 bits per heavy atom. The van der Waals surface area contributed by atoms with Crippen molar-refractivity contribution >= 4 is 23.2 Å². The van der Waals surface area contributed by atoms with E-state index < -0.39 is 0 Å². The fourth-order valence-electron chi connectivity index (χ4n) is 4.65. The lowest BCUT2D eigenvalue weighted by atomic mass is 9.92. The van der Waals surface area contributed by atoms with Crippen LogP contribution < -0.4 is 10.1 Å². The lowest BCUT2D eigenvalue weighted by Gasteiger charge is -2.27. The monoisotopic (exact) mass is 518 g/mol. The van der Waals surface area contributed by atoms with E-state index in [1.54, 1.807) is 12.1 Å². The van der Waals surface area contributed by atoms with Crippen molar-refractivity contribution in [3.8, 4) is 5.75 Å². The highest BCUT2D eigenvalue weighted by atomic mass is 35.5. The second-order valence-corrected chi connectivity index (χ2v) is 11.7. The predicted molar refractivity (Wildman–Crippen MR) is 154 cm³/mol. The van der Waals surface area contributed by atoms with E-state index >= 15 is 0 Å². The Morgan fingerprint density at radius 3 is 2.59 bits per heavy atom. The number of fused-ring (bicyclic) bond motifs is 3. The summed E-state index contributed by atoms with van der Waals surface area (Å²) in [6.45, 7) is 10.8. The number of benzene rings is 3. The SMILES string of the molecule is CC(C)(C)CCN1CCCCCOc2ccc(C(=O)Nc3cccc(Cl)c3)cc2Cc2cccc(c2)C1. The lowest BCUT2D eigenvalue weighted by molar-refractivity contribution is 0.102. The van der Waals surface area contributed by atoms with Gasteiger partial charge in [-0.3, -0.25) is 9.69 Å². The van der Waals surface area contributed by atoms with Gasteiger partial charge in [0.2, 0.25) is 0 Å². The maximum absolute atomic E-state index is 13.0. The number of anilines is 1. The van der Waals surface area contributed by atoms with Gasteiger partial charge in [0.25, 0.3) is 5.91 Å². The van der Waals surface area contributed by atoms with Gasteiger partial charge in [-0.1, -0.05) is 62.7 Å². The molecule has 3 aromatic carbocycles. The molecule has 0 aliphatic carbocycles. The van der Waals surface area contributed by atoms with Crippen molar-refractivity contribution in [1.82, 2.24) is 4.90 Å². The molecule has 0 saturated carbocycles. The second-order valence-electron chi connectivity index (χ2n) is 11.3. The molecule has 3 aromatic rings. The van der Waals surface area contributed by atoms with Crippen LogP contribution >= 0.6 is 11.6 Å². The van der Waals surface area contributed by atoms with Crippen LogP contribution in [0.2, 0.25) is 5.02 Å². The molecule has 0 saturated heterocycles. The van der Waals surface area contributed by atoms with Crippen LogP contribution in [-0.4, -0.2) is 30.5 Å². The van der Waals surface area contributed by atoms with Gasteiger partial charge >= 0.3 is 0 Å². The first kappa shape index (κ1) is 27.2. The van der Waals surface area contributed by atoms with Crippen LogP contribution in [0.25, 0.3) is 0 Å². The Morgan fingerprint density at radius 2 is 1.78 bits per heavy atom. The summed E-state index contributed by atoms with van der Waals surface area (Å²) in [6, 6.07) is 21.8. The molecule has 1 aliphatic heterocycles. The molecule has 37 heavy (non-hydrogen) atoms. The molecule has 1 amide bonds. The molecule has 0 unspecified atom stereocenters.